The number of rotatable bonds is 5. The van der Waals surface area contributed by atoms with Gasteiger partial charge >= 0.3 is 12.1 Å². The number of carbonyl (C=O) groups is 1. The number of nitrogens with zero attached hydrogens (tertiary/aromatic N) is 5. The molecule has 3 aromatic rings. The fraction of sp³-hybridized carbons (Fsp3) is 0.235. The van der Waals surface area contributed by atoms with Gasteiger partial charge in [0.1, 0.15) is 0 Å². The number of carbonyl (C=O) groups excluding carboxylic acids is 1. The molecular formula is C17H13ClF3N5O3S. The molecule has 1 aromatic carbocycles. The monoisotopic (exact) mass is 459 g/mol. The molecule has 0 spiro atoms. The van der Waals surface area contributed by atoms with Gasteiger partial charge < -0.3 is 9.30 Å². The molecule has 2 heterocycles. The molecule has 8 nitrogen and oxygen atoms in total. The van der Waals surface area contributed by atoms with Crippen molar-refractivity contribution < 1.29 is 22.7 Å². The van der Waals surface area contributed by atoms with Gasteiger partial charge in [0.25, 0.3) is 0 Å². The highest BCUT2D eigenvalue weighted by Gasteiger charge is 2.37. The zero-order chi connectivity index (χ0) is 22.1. The Kier molecular flexibility index (Phi) is 6.17. The highest BCUT2D eigenvalue weighted by Crippen LogP contribution is 2.31. The predicted octanol–water partition coefficient (Wildman–Crippen LogP) is 3.36. The summed E-state index contributed by atoms with van der Waals surface area (Å²) in [6.45, 7) is 1.56. The molecule has 0 fully saturated rings. The van der Waals surface area contributed by atoms with Crippen LogP contribution >= 0.6 is 23.4 Å². The van der Waals surface area contributed by atoms with E-state index >= 15 is 0 Å². The molecule has 2 aromatic heterocycles. The van der Waals surface area contributed by atoms with Crippen LogP contribution in [0.4, 0.5) is 13.2 Å². The minimum atomic E-state index is -4.72. The Labute approximate surface area is 176 Å². The lowest BCUT2D eigenvalue weighted by atomic mass is 10.3. The highest BCUT2D eigenvalue weighted by atomic mass is 35.5. The SMILES string of the molecule is CCOC(=O)c1nn(-c2ccccc2Cl)cc(Sc2nnc(C(F)(F)F)n2C)c1=O. The first kappa shape index (κ1) is 21.8. The Balaban J connectivity index is 2.14. The van der Waals surface area contributed by atoms with Crippen molar-refractivity contribution in [1.29, 1.82) is 0 Å². The maximum atomic E-state index is 13.0. The molecule has 158 valence electrons. The third-order valence-corrected chi connectivity index (χ3v) is 5.11. The van der Waals surface area contributed by atoms with Crippen molar-refractivity contribution in [3.63, 3.8) is 0 Å². The number of hydrogen-bond donors (Lipinski definition) is 0. The van der Waals surface area contributed by atoms with Gasteiger partial charge in [-0.05, 0) is 30.8 Å². The summed E-state index contributed by atoms with van der Waals surface area (Å²) in [6.07, 6.45) is -3.47. The minimum absolute atomic E-state index is 0.00163. The van der Waals surface area contributed by atoms with Crippen LogP contribution in [0.1, 0.15) is 23.2 Å². The summed E-state index contributed by atoms with van der Waals surface area (Å²) in [5.74, 6) is -2.20. The number of halogens is 4. The van der Waals surface area contributed by atoms with E-state index in [0.717, 1.165) is 7.05 Å². The molecule has 0 saturated carbocycles. The van der Waals surface area contributed by atoms with Crippen LogP contribution in [0.25, 0.3) is 5.69 Å². The topological polar surface area (TPSA) is 91.9 Å². The second kappa shape index (κ2) is 8.48. The zero-order valence-electron chi connectivity index (χ0n) is 15.5. The van der Waals surface area contributed by atoms with Crippen LogP contribution in [-0.4, -0.2) is 37.1 Å². The van der Waals surface area contributed by atoms with Gasteiger partial charge in [-0.2, -0.15) is 18.3 Å². The smallest absolute Gasteiger partial charge is 0.451 e. The van der Waals surface area contributed by atoms with E-state index in [1.165, 1.54) is 10.9 Å². The molecule has 0 N–H and O–H groups in total. The van der Waals surface area contributed by atoms with Crippen molar-refractivity contribution in [3.8, 4) is 5.69 Å². The average molecular weight is 460 g/mol. The molecule has 0 aliphatic heterocycles. The fourth-order valence-corrected chi connectivity index (χ4v) is 3.45. The molecule has 3 rings (SSSR count). The zero-order valence-corrected chi connectivity index (χ0v) is 17.0. The van der Waals surface area contributed by atoms with E-state index in [9.17, 15) is 22.8 Å². The number of alkyl halides is 3. The summed E-state index contributed by atoms with van der Waals surface area (Å²) in [5, 5.41) is 10.7. The Bertz CT molecular complexity index is 1160. The van der Waals surface area contributed by atoms with E-state index in [2.05, 4.69) is 15.3 Å². The number of aromatic nitrogens is 5. The summed E-state index contributed by atoms with van der Waals surface area (Å²) >= 11 is 6.78. The van der Waals surface area contributed by atoms with E-state index in [4.69, 9.17) is 16.3 Å². The highest BCUT2D eigenvalue weighted by molar-refractivity contribution is 7.99. The quantitative estimate of drug-likeness (QED) is 0.540. The molecule has 0 bridgehead atoms. The molecule has 0 atom stereocenters. The van der Waals surface area contributed by atoms with Crippen molar-refractivity contribution in [2.45, 2.75) is 23.2 Å². The third kappa shape index (κ3) is 4.33. The standard InChI is InChI=1S/C17H13ClF3N5O3S/c1-3-29-14(28)12-13(27)11(8-26(24-12)10-7-5-4-6-9(10)18)30-16-23-22-15(25(16)2)17(19,20)21/h4-8H,3H2,1-2H3. The summed E-state index contributed by atoms with van der Waals surface area (Å²) < 4.78 is 45.7. The normalized spacial score (nSPS) is 11.5. The van der Waals surface area contributed by atoms with Crippen LogP contribution in [0.2, 0.25) is 5.02 Å². The molecule has 13 heteroatoms. The Morgan fingerprint density at radius 1 is 1.27 bits per heavy atom. The Hall–Kier alpha value is -2.86. The molecular weight excluding hydrogens is 447 g/mol. The summed E-state index contributed by atoms with van der Waals surface area (Å²) in [7, 11) is 1.12. The van der Waals surface area contributed by atoms with E-state index in [1.54, 1.807) is 31.2 Å². The summed E-state index contributed by atoms with van der Waals surface area (Å²) in [5.41, 5.74) is -1.01. The maximum Gasteiger partial charge on any atom is 0.451 e. The molecule has 0 aliphatic rings. The second-order valence-electron chi connectivity index (χ2n) is 5.75. The van der Waals surface area contributed by atoms with Crippen molar-refractivity contribution in [2.75, 3.05) is 6.61 Å². The Morgan fingerprint density at radius 3 is 2.57 bits per heavy atom. The van der Waals surface area contributed by atoms with Crippen LogP contribution in [0, 0.1) is 0 Å². The molecule has 30 heavy (non-hydrogen) atoms. The average Bonchev–Trinajstić information content (AvgIpc) is 3.04. The van der Waals surface area contributed by atoms with Gasteiger partial charge in [0.2, 0.25) is 16.9 Å². The number of esters is 1. The van der Waals surface area contributed by atoms with E-state index in [-0.39, 0.29) is 21.7 Å². The molecule has 0 saturated heterocycles. The largest absolute Gasteiger partial charge is 0.461 e. The van der Waals surface area contributed by atoms with Gasteiger partial charge in [-0.3, -0.25) is 4.79 Å². The summed E-state index contributed by atoms with van der Waals surface area (Å²) in [4.78, 5) is 24.9. The van der Waals surface area contributed by atoms with E-state index in [0.29, 0.717) is 22.0 Å². The van der Waals surface area contributed by atoms with Crippen molar-refractivity contribution in [3.05, 3.63) is 57.2 Å². The first-order chi connectivity index (χ1) is 14.1. The van der Waals surface area contributed by atoms with Crippen molar-refractivity contribution in [2.24, 2.45) is 7.05 Å². The van der Waals surface area contributed by atoms with Crippen molar-refractivity contribution >= 4 is 29.3 Å². The van der Waals surface area contributed by atoms with Gasteiger partial charge in [-0.15, -0.1) is 10.2 Å². The van der Waals surface area contributed by atoms with Crippen LogP contribution in [0.3, 0.4) is 0 Å². The van der Waals surface area contributed by atoms with Crippen LogP contribution in [0.5, 0.6) is 0 Å². The van der Waals surface area contributed by atoms with Crippen LogP contribution in [0.15, 0.2) is 45.3 Å². The number of benzene rings is 1. The van der Waals surface area contributed by atoms with Gasteiger partial charge in [0, 0.05) is 13.2 Å². The Morgan fingerprint density at radius 2 is 1.97 bits per heavy atom. The lowest BCUT2D eigenvalue weighted by molar-refractivity contribution is -0.147. The van der Waals surface area contributed by atoms with Gasteiger partial charge in [0.15, 0.2) is 5.16 Å². The molecule has 0 unspecified atom stereocenters. The fourth-order valence-electron chi connectivity index (χ4n) is 2.38. The van der Waals surface area contributed by atoms with Gasteiger partial charge in [0.05, 0.1) is 22.2 Å². The first-order valence-electron chi connectivity index (χ1n) is 8.34. The lowest BCUT2D eigenvalue weighted by Crippen LogP contribution is -2.24. The molecule has 0 amide bonds. The molecule has 0 radical (unpaired) electrons. The second-order valence-corrected chi connectivity index (χ2v) is 7.17. The lowest BCUT2D eigenvalue weighted by Gasteiger charge is -2.11. The van der Waals surface area contributed by atoms with Gasteiger partial charge in [-0.1, -0.05) is 23.7 Å². The van der Waals surface area contributed by atoms with E-state index in [1.807, 2.05) is 0 Å². The van der Waals surface area contributed by atoms with E-state index < -0.39 is 29.1 Å². The predicted molar refractivity (Wildman–Crippen MR) is 101 cm³/mol. The van der Waals surface area contributed by atoms with Crippen LogP contribution in [-0.2, 0) is 18.0 Å². The first-order valence-corrected chi connectivity index (χ1v) is 9.53. The third-order valence-electron chi connectivity index (χ3n) is 3.74. The maximum absolute atomic E-state index is 13.0. The van der Waals surface area contributed by atoms with Gasteiger partial charge in [-0.25, -0.2) is 9.48 Å². The summed E-state index contributed by atoms with van der Waals surface area (Å²) in [6, 6.07) is 6.50. The minimum Gasteiger partial charge on any atom is -0.461 e. The van der Waals surface area contributed by atoms with Crippen molar-refractivity contribution in [1.82, 2.24) is 24.5 Å². The molecule has 0 aliphatic carbocycles. The number of ether oxygens (including phenoxy) is 1. The number of hydrogen-bond acceptors (Lipinski definition) is 7. The number of para-hydroxylation sites is 1. The van der Waals surface area contributed by atoms with Crippen LogP contribution < -0.4 is 5.43 Å².